The Balaban J connectivity index is 2.48. The van der Waals surface area contributed by atoms with E-state index in [2.05, 4.69) is 29.4 Å². The third kappa shape index (κ3) is 5.31. The van der Waals surface area contributed by atoms with Gasteiger partial charge in [0.1, 0.15) is 11.3 Å². The molecular weight excluding hydrogens is 274 g/mol. The summed E-state index contributed by atoms with van der Waals surface area (Å²) in [4.78, 5) is 24.5. The molecule has 0 fully saturated rings. The van der Waals surface area contributed by atoms with Gasteiger partial charge in [-0.3, -0.25) is 0 Å². The minimum Gasteiger partial charge on any atom is -0.507 e. The van der Waals surface area contributed by atoms with Gasteiger partial charge in [0.15, 0.2) is 0 Å². The second-order valence-corrected chi connectivity index (χ2v) is 4.99. The van der Waals surface area contributed by atoms with Gasteiger partial charge in [0.2, 0.25) is 0 Å². The molecule has 0 atom stereocenters. The summed E-state index contributed by atoms with van der Waals surface area (Å²) < 4.78 is 0. The maximum absolute atomic E-state index is 11.7. The smallest absolute Gasteiger partial charge is 0.339 e. The molecule has 0 radical (unpaired) electrons. The number of phenols is 1. The number of hydrogen-bond donors (Lipinski definition) is 4. The van der Waals surface area contributed by atoms with Gasteiger partial charge in [-0.25, -0.2) is 9.59 Å². The molecule has 0 saturated heterocycles. The highest BCUT2D eigenvalue weighted by Crippen LogP contribution is 2.21. The lowest BCUT2D eigenvalue weighted by atomic mass is 10.2. The highest BCUT2D eigenvalue weighted by Gasteiger charge is 2.11. The minimum absolute atomic E-state index is 0.209. The van der Waals surface area contributed by atoms with Crippen LogP contribution in [0.4, 0.5) is 10.5 Å². The maximum Gasteiger partial charge on any atom is 0.339 e. The van der Waals surface area contributed by atoms with Gasteiger partial charge in [-0.1, -0.05) is 0 Å². The summed E-state index contributed by atoms with van der Waals surface area (Å²) >= 11 is 0. The van der Waals surface area contributed by atoms with Gasteiger partial charge < -0.3 is 25.7 Å². The highest BCUT2D eigenvalue weighted by atomic mass is 16.4. The van der Waals surface area contributed by atoms with Crippen LogP contribution in [-0.2, 0) is 0 Å². The topological polar surface area (TPSA) is 102 Å². The second-order valence-electron chi connectivity index (χ2n) is 4.99. The summed E-state index contributed by atoms with van der Waals surface area (Å²) in [5.74, 6) is -1.61. The molecule has 1 aromatic rings. The van der Waals surface area contributed by atoms with Crippen LogP contribution < -0.4 is 10.6 Å². The zero-order valence-corrected chi connectivity index (χ0v) is 12.4. The molecule has 0 saturated carbocycles. The molecule has 0 aliphatic rings. The average Bonchev–Trinajstić information content (AvgIpc) is 2.37. The van der Waals surface area contributed by atoms with Crippen LogP contribution in [0.5, 0.6) is 5.75 Å². The van der Waals surface area contributed by atoms with Crippen LogP contribution in [0, 0.1) is 0 Å². The first-order chi connectivity index (χ1) is 9.81. The number of carboxylic acid groups (broad SMARTS) is 1. The van der Waals surface area contributed by atoms with E-state index >= 15 is 0 Å². The van der Waals surface area contributed by atoms with Gasteiger partial charge in [-0.05, 0) is 33.0 Å². The van der Waals surface area contributed by atoms with E-state index in [-0.39, 0.29) is 11.3 Å². The maximum atomic E-state index is 11.7. The van der Waals surface area contributed by atoms with Crippen molar-refractivity contribution in [2.75, 3.05) is 25.5 Å². The molecule has 0 unspecified atom stereocenters. The molecule has 0 heterocycles. The fraction of sp³-hybridized carbons (Fsp3) is 0.429. The molecule has 1 rings (SSSR count). The summed E-state index contributed by atoms with van der Waals surface area (Å²) in [5, 5.41) is 23.5. The van der Waals surface area contributed by atoms with Crippen LogP contribution >= 0.6 is 0 Å². The summed E-state index contributed by atoms with van der Waals surface area (Å²) in [6.07, 6.45) is 0. The molecule has 4 N–H and O–H groups in total. The number of benzene rings is 1. The van der Waals surface area contributed by atoms with Crippen molar-refractivity contribution >= 4 is 17.7 Å². The van der Waals surface area contributed by atoms with Crippen LogP contribution in [0.3, 0.4) is 0 Å². The molecule has 0 aliphatic carbocycles. The monoisotopic (exact) mass is 295 g/mol. The van der Waals surface area contributed by atoms with Crippen molar-refractivity contribution in [1.29, 1.82) is 0 Å². The number of nitrogens with one attached hydrogen (secondary N) is 2. The first-order valence-corrected chi connectivity index (χ1v) is 6.62. The van der Waals surface area contributed by atoms with Crippen LogP contribution in [0.1, 0.15) is 24.2 Å². The third-order valence-corrected chi connectivity index (χ3v) is 3.12. The van der Waals surface area contributed by atoms with Gasteiger partial charge in [-0.2, -0.15) is 0 Å². The summed E-state index contributed by atoms with van der Waals surface area (Å²) in [6.45, 7) is 5.33. The van der Waals surface area contributed by atoms with Crippen LogP contribution in [0.15, 0.2) is 18.2 Å². The van der Waals surface area contributed by atoms with E-state index in [1.807, 2.05) is 7.05 Å². The number of carboxylic acids is 1. The van der Waals surface area contributed by atoms with E-state index < -0.39 is 12.0 Å². The van der Waals surface area contributed by atoms with Gasteiger partial charge in [0, 0.05) is 30.9 Å². The number of aromatic hydroxyl groups is 1. The number of nitrogens with zero attached hydrogens (tertiary/aromatic N) is 1. The summed E-state index contributed by atoms with van der Waals surface area (Å²) in [7, 11) is 1.97. The largest absolute Gasteiger partial charge is 0.507 e. The van der Waals surface area contributed by atoms with Crippen molar-refractivity contribution in [3.63, 3.8) is 0 Å². The Labute approximate surface area is 123 Å². The Morgan fingerprint density at radius 2 is 2.00 bits per heavy atom. The lowest BCUT2D eigenvalue weighted by Gasteiger charge is -2.20. The number of aromatic carboxylic acids is 1. The molecular formula is C14H21N3O4. The second kappa shape index (κ2) is 7.49. The Morgan fingerprint density at radius 1 is 1.33 bits per heavy atom. The van der Waals surface area contributed by atoms with E-state index in [4.69, 9.17) is 5.11 Å². The lowest BCUT2D eigenvalue weighted by molar-refractivity contribution is 0.0694. The van der Waals surface area contributed by atoms with Crippen LogP contribution in [-0.4, -0.2) is 53.3 Å². The van der Waals surface area contributed by atoms with Crippen molar-refractivity contribution in [3.8, 4) is 5.75 Å². The number of carbonyl (C=O) groups excluding carboxylic acids is 1. The Kier molecular flexibility index (Phi) is 5.98. The predicted octanol–water partition coefficient (Wildman–Crippen LogP) is 1.55. The van der Waals surface area contributed by atoms with E-state index in [0.29, 0.717) is 24.8 Å². The normalized spacial score (nSPS) is 10.7. The van der Waals surface area contributed by atoms with Crippen LogP contribution in [0.25, 0.3) is 0 Å². The number of urea groups is 1. The van der Waals surface area contributed by atoms with E-state index in [1.165, 1.54) is 18.2 Å². The van der Waals surface area contributed by atoms with E-state index in [9.17, 15) is 14.7 Å². The standard InChI is InChI=1S/C14H21N3O4/c1-9(2)17(3)7-6-15-14(21)16-10-4-5-11(13(19)20)12(18)8-10/h4-5,8-9,18H,6-7H2,1-3H3,(H,19,20)(H2,15,16,21). The Bertz CT molecular complexity index is 517. The zero-order chi connectivity index (χ0) is 16.0. The SMILES string of the molecule is CC(C)N(C)CCNC(=O)Nc1ccc(C(=O)O)c(O)c1. The quantitative estimate of drug-likeness (QED) is 0.638. The molecule has 2 amide bonds. The van der Waals surface area contributed by atoms with Gasteiger partial charge in [0.05, 0.1) is 0 Å². The minimum atomic E-state index is -1.22. The molecule has 7 nitrogen and oxygen atoms in total. The molecule has 0 aliphatic heterocycles. The van der Waals surface area contributed by atoms with Crippen LogP contribution in [0.2, 0.25) is 0 Å². The number of anilines is 1. The predicted molar refractivity (Wildman–Crippen MR) is 79.9 cm³/mol. The summed E-state index contributed by atoms with van der Waals surface area (Å²) in [5.41, 5.74) is 0.117. The van der Waals surface area contributed by atoms with Crippen molar-refractivity contribution in [2.45, 2.75) is 19.9 Å². The number of likely N-dealkylation sites (N-methyl/N-ethyl adjacent to an activating group) is 1. The fourth-order valence-electron chi connectivity index (χ4n) is 1.57. The highest BCUT2D eigenvalue weighted by molar-refractivity contribution is 5.93. The molecule has 0 bridgehead atoms. The number of amides is 2. The molecule has 21 heavy (non-hydrogen) atoms. The lowest BCUT2D eigenvalue weighted by Crippen LogP contribution is -2.37. The van der Waals surface area contributed by atoms with Crippen molar-refractivity contribution in [2.24, 2.45) is 0 Å². The van der Waals surface area contributed by atoms with Crippen molar-refractivity contribution in [3.05, 3.63) is 23.8 Å². The summed E-state index contributed by atoms with van der Waals surface area (Å²) in [6, 6.07) is 3.84. The molecule has 1 aromatic carbocycles. The molecule has 0 spiro atoms. The average molecular weight is 295 g/mol. The first kappa shape index (κ1) is 16.8. The fourth-order valence-corrected chi connectivity index (χ4v) is 1.57. The number of rotatable bonds is 6. The van der Waals surface area contributed by atoms with E-state index in [1.54, 1.807) is 0 Å². The van der Waals surface area contributed by atoms with Gasteiger partial charge in [0.25, 0.3) is 0 Å². The van der Waals surface area contributed by atoms with Gasteiger partial charge >= 0.3 is 12.0 Å². The molecule has 0 aromatic heterocycles. The number of carbonyl (C=O) groups is 2. The van der Waals surface area contributed by atoms with Gasteiger partial charge in [-0.15, -0.1) is 0 Å². The van der Waals surface area contributed by atoms with Crippen molar-refractivity contribution < 1.29 is 19.8 Å². The van der Waals surface area contributed by atoms with Crippen molar-refractivity contribution in [1.82, 2.24) is 10.2 Å². The number of hydrogen-bond acceptors (Lipinski definition) is 4. The zero-order valence-electron chi connectivity index (χ0n) is 12.4. The Morgan fingerprint density at radius 3 is 2.52 bits per heavy atom. The molecule has 7 heteroatoms. The molecule has 116 valence electrons. The first-order valence-electron chi connectivity index (χ1n) is 6.62. The third-order valence-electron chi connectivity index (χ3n) is 3.12. The Hall–Kier alpha value is -2.28. The van der Waals surface area contributed by atoms with E-state index in [0.717, 1.165) is 0 Å².